The molecule has 0 saturated carbocycles. The highest BCUT2D eigenvalue weighted by atomic mass is 16.6. The fourth-order valence-electron chi connectivity index (χ4n) is 2.64. The average molecular weight is 320 g/mol. The summed E-state index contributed by atoms with van der Waals surface area (Å²) in [5.74, 6) is -0.205. The highest BCUT2D eigenvalue weighted by molar-refractivity contribution is 5.96. The molecule has 9 heteroatoms. The highest BCUT2D eigenvalue weighted by Gasteiger charge is 2.22. The van der Waals surface area contributed by atoms with Crippen LogP contribution in [0.2, 0.25) is 0 Å². The van der Waals surface area contributed by atoms with Gasteiger partial charge in [0.1, 0.15) is 11.4 Å². The van der Waals surface area contributed by atoms with Gasteiger partial charge in [-0.25, -0.2) is 0 Å². The summed E-state index contributed by atoms with van der Waals surface area (Å²) in [4.78, 5) is 22.8. The highest BCUT2D eigenvalue weighted by Crippen LogP contribution is 2.21. The van der Waals surface area contributed by atoms with E-state index in [4.69, 9.17) is 0 Å². The van der Waals surface area contributed by atoms with Gasteiger partial charge in [-0.05, 0) is 27.7 Å². The summed E-state index contributed by atoms with van der Waals surface area (Å²) in [5.41, 5.74) is 2.90. The van der Waals surface area contributed by atoms with Crippen LogP contribution in [0.5, 0.6) is 0 Å². The van der Waals surface area contributed by atoms with Crippen molar-refractivity contribution in [2.75, 3.05) is 6.54 Å². The monoisotopic (exact) mass is 320 g/mol. The Labute approximate surface area is 133 Å². The van der Waals surface area contributed by atoms with Gasteiger partial charge < -0.3 is 5.32 Å². The fraction of sp³-hybridized carbons (Fsp3) is 0.500. The Bertz CT molecular complexity index is 774. The van der Waals surface area contributed by atoms with Crippen molar-refractivity contribution in [2.45, 2.75) is 34.2 Å². The molecule has 2 aromatic heterocycles. The van der Waals surface area contributed by atoms with E-state index in [0.717, 1.165) is 5.69 Å². The number of carbonyl (C=O) groups is 1. The molecule has 0 aliphatic rings. The Hall–Kier alpha value is -2.71. The molecule has 2 aromatic rings. The summed E-state index contributed by atoms with van der Waals surface area (Å²) in [6.07, 6.45) is 0. The van der Waals surface area contributed by atoms with Gasteiger partial charge >= 0.3 is 5.69 Å². The first-order chi connectivity index (χ1) is 10.7. The van der Waals surface area contributed by atoms with Crippen molar-refractivity contribution < 1.29 is 9.72 Å². The average Bonchev–Trinajstić information content (AvgIpc) is 2.86. The van der Waals surface area contributed by atoms with Crippen molar-refractivity contribution in [1.29, 1.82) is 0 Å². The molecule has 2 rings (SSSR count). The third-order valence-electron chi connectivity index (χ3n) is 3.87. The second kappa shape index (κ2) is 6.19. The lowest BCUT2D eigenvalue weighted by Crippen LogP contribution is -2.28. The minimum absolute atomic E-state index is 0.0234. The van der Waals surface area contributed by atoms with Crippen LogP contribution in [0, 0.1) is 37.8 Å². The summed E-state index contributed by atoms with van der Waals surface area (Å²) in [7, 11) is 1.79. The van der Waals surface area contributed by atoms with Gasteiger partial charge in [0.15, 0.2) is 0 Å². The van der Waals surface area contributed by atoms with Crippen molar-refractivity contribution in [2.24, 2.45) is 7.05 Å². The molecule has 9 nitrogen and oxygen atoms in total. The Morgan fingerprint density at radius 3 is 2.30 bits per heavy atom. The van der Waals surface area contributed by atoms with Crippen LogP contribution in [0.3, 0.4) is 0 Å². The summed E-state index contributed by atoms with van der Waals surface area (Å²) in [5, 5.41) is 22.1. The SMILES string of the molecule is Cc1nn(C)c(C)c1C(=O)NCCn1nc(C)c([N+](=O)[O-])c1C. The normalized spacial score (nSPS) is 10.8. The molecule has 0 atom stereocenters. The Balaban J connectivity index is 2.04. The molecule has 0 fully saturated rings. The van der Waals surface area contributed by atoms with E-state index in [-0.39, 0.29) is 11.6 Å². The maximum absolute atomic E-state index is 12.3. The predicted molar refractivity (Wildman–Crippen MR) is 83.4 cm³/mol. The third-order valence-corrected chi connectivity index (χ3v) is 3.87. The Morgan fingerprint density at radius 2 is 1.83 bits per heavy atom. The van der Waals surface area contributed by atoms with Gasteiger partial charge in [-0.2, -0.15) is 10.2 Å². The molecule has 0 bridgehead atoms. The van der Waals surface area contributed by atoms with E-state index >= 15 is 0 Å². The zero-order valence-electron chi connectivity index (χ0n) is 13.9. The molecule has 1 N–H and O–H groups in total. The van der Waals surface area contributed by atoms with E-state index in [1.54, 1.807) is 32.5 Å². The molecule has 0 radical (unpaired) electrons. The van der Waals surface area contributed by atoms with E-state index in [1.165, 1.54) is 4.68 Å². The molecule has 0 saturated heterocycles. The van der Waals surface area contributed by atoms with E-state index in [0.29, 0.717) is 35.7 Å². The third kappa shape index (κ3) is 3.08. The van der Waals surface area contributed by atoms with Crippen LogP contribution in [0.15, 0.2) is 0 Å². The number of nitro groups is 1. The van der Waals surface area contributed by atoms with Crippen molar-refractivity contribution in [3.05, 3.63) is 38.5 Å². The van der Waals surface area contributed by atoms with Gasteiger partial charge in [-0.15, -0.1) is 0 Å². The number of nitrogens with zero attached hydrogens (tertiary/aromatic N) is 5. The summed E-state index contributed by atoms with van der Waals surface area (Å²) >= 11 is 0. The molecule has 23 heavy (non-hydrogen) atoms. The van der Waals surface area contributed by atoms with Crippen molar-refractivity contribution in [3.8, 4) is 0 Å². The molecule has 0 unspecified atom stereocenters. The van der Waals surface area contributed by atoms with Crippen LogP contribution >= 0.6 is 0 Å². The lowest BCUT2D eigenvalue weighted by atomic mass is 10.2. The Kier molecular flexibility index (Phi) is 4.48. The number of aryl methyl sites for hydroxylation is 3. The second-order valence-corrected chi connectivity index (χ2v) is 5.43. The van der Waals surface area contributed by atoms with Crippen LogP contribution in [0.25, 0.3) is 0 Å². The van der Waals surface area contributed by atoms with E-state index in [2.05, 4.69) is 15.5 Å². The largest absolute Gasteiger partial charge is 0.350 e. The topological polar surface area (TPSA) is 108 Å². The molecule has 0 aromatic carbocycles. The lowest BCUT2D eigenvalue weighted by molar-refractivity contribution is -0.386. The standard InChI is InChI=1S/C14H20N6O3/c1-8-12(10(3)18(5)16-8)14(21)15-6-7-19-11(4)13(20(22)23)9(2)17-19/h6-7H2,1-5H3,(H,15,21). The smallest absolute Gasteiger partial charge is 0.312 e. The molecule has 0 aliphatic carbocycles. The van der Waals surface area contributed by atoms with Gasteiger partial charge in [-0.3, -0.25) is 24.3 Å². The van der Waals surface area contributed by atoms with Crippen LogP contribution < -0.4 is 5.32 Å². The molecule has 2 heterocycles. The van der Waals surface area contributed by atoms with Crippen LogP contribution in [0.1, 0.15) is 33.1 Å². The molecule has 124 valence electrons. The zero-order chi connectivity index (χ0) is 17.3. The molecule has 1 amide bonds. The predicted octanol–water partition coefficient (Wildman–Crippen LogP) is 1.19. The number of carbonyl (C=O) groups excluding carboxylic acids is 1. The van der Waals surface area contributed by atoms with Gasteiger partial charge in [0.2, 0.25) is 0 Å². The van der Waals surface area contributed by atoms with Crippen LogP contribution in [-0.2, 0) is 13.6 Å². The maximum Gasteiger partial charge on any atom is 0.312 e. The second-order valence-electron chi connectivity index (χ2n) is 5.43. The first-order valence-corrected chi connectivity index (χ1v) is 7.20. The first kappa shape index (κ1) is 16.7. The van der Waals surface area contributed by atoms with Crippen molar-refractivity contribution in [3.63, 3.8) is 0 Å². The van der Waals surface area contributed by atoms with Crippen molar-refractivity contribution >= 4 is 11.6 Å². The van der Waals surface area contributed by atoms with E-state index < -0.39 is 4.92 Å². The van der Waals surface area contributed by atoms with Gasteiger partial charge in [0.25, 0.3) is 5.91 Å². The summed E-state index contributed by atoms with van der Waals surface area (Å²) in [6.45, 7) is 7.56. The minimum atomic E-state index is -0.435. The zero-order valence-corrected chi connectivity index (χ0v) is 13.9. The summed E-state index contributed by atoms with van der Waals surface area (Å²) in [6, 6.07) is 0. The number of aromatic nitrogens is 4. The first-order valence-electron chi connectivity index (χ1n) is 7.20. The number of hydrogen-bond donors (Lipinski definition) is 1. The van der Waals surface area contributed by atoms with E-state index in [1.807, 2.05) is 6.92 Å². The Morgan fingerprint density at radius 1 is 1.17 bits per heavy atom. The maximum atomic E-state index is 12.3. The number of hydrogen-bond acceptors (Lipinski definition) is 5. The van der Waals surface area contributed by atoms with Gasteiger partial charge in [-0.1, -0.05) is 0 Å². The number of amides is 1. The van der Waals surface area contributed by atoms with Gasteiger partial charge in [0, 0.05) is 19.3 Å². The summed E-state index contributed by atoms with van der Waals surface area (Å²) < 4.78 is 3.20. The van der Waals surface area contributed by atoms with Crippen LogP contribution in [-0.4, -0.2) is 36.9 Å². The van der Waals surface area contributed by atoms with E-state index in [9.17, 15) is 14.9 Å². The number of rotatable bonds is 5. The fourth-order valence-corrected chi connectivity index (χ4v) is 2.64. The molecular weight excluding hydrogens is 300 g/mol. The lowest BCUT2D eigenvalue weighted by Gasteiger charge is -2.07. The number of nitrogens with one attached hydrogen (secondary N) is 1. The van der Waals surface area contributed by atoms with Crippen molar-refractivity contribution in [1.82, 2.24) is 24.9 Å². The quantitative estimate of drug-likeness (QED) is 0.657. The van der Waals surface area contributed by atoms with Gasteiger partial charge in [0.05, 0.1) is 22.7 Å². The molecular formula is C14H20N6O3. The minimum Gasteiger partial charge on any atom is -0.350 e. The van der Waals surface area contributed by atoms with Crippen LogP contribution in [0.4, 0.5) is 5.69 Å². The molecule has 0 spiro atoms. The molecule has 0 aliphatic heterocycles.